The largest absolute Gasteiger partial charge is 0.445 e. The first kappa shape index (κ1) is 16.9. The molecule has 4 heterocycles. The fraction of sp³-hybridized carbons (Fsp3) is 0.350. The quantitative estimate of drug-likeness (QED) is 0.589. The molecule has 4 aromatic heterocycles. The first-order valence-electron chi connectivity index (χ1n) is 9.36. The summed E-state index contributed by atoms with van der Waals surface area (Å²) in [6.45, 7) is 5.84. The van der Waals surface area contributed by atoms with Gasteiger partial charge in [-0.15, -0.1) is 0 Å². The van der Waals surface area contributed by atoms with Crippen LogP contribution in [0.15, 0.2) is 33.9 Å². The topological polar surface area (TPSA) is 102 Å². The highest BCUT2D eigenvalue weighted by atomic mass is 16.4. The smallest absolute Gasteiger partial charge is 0.262 e. The average molecular weight is 376 g/mol. The van der Waals surface area contributed by atoms with E-state index in [2.05, 4.69) is 20.1 Å². The van der Waals surface area contributed by atoms with Gasteiger partial charge in [0, 0.05) is 18.0 Å². The van der Waals surface area contributed by atoms with E-state index >= 15 is 0 Å². The highest BCUT2D eigenvalue weighted by Crippen LogP contribution is 2.47. The van der Waals surface area contributed by atoms with Gasteiger partial charge in [0.15, 0.2) is 11.5 Å². The van der Waals surface area contributed by atoms with Gasteiger partial charge in [-0.2, -0.15) is 5.10 Å². The average Bonchev–Trinajstić information content (AvgIpc) is 3.18. The Kier molecular flexibility index (Phi) is 3.68. The summed E-state index contributed by atoms with van der Waals surface area (Å²) in [5, 5.41) is 4.85. The molecule has 1 N–H and O–H groups in total. The number of nitrogens with zero attached hydrogens (tertiary/aromatic N) is 5. The molecule has 5 rings (SSSR count). The summed E-state index contributed by atoms with van der Waals surface area (Å²) < 4.78 is 7.51. The number of H-pyrrole nitrogens is 1. The maximum atomic E-state index is 12.7. The van der Waals surface area contributed by atoms with Crippen molar-refractivity contribution in [3.05, 3.63) is 63.7 Å². The highest BCUT2D eigenvalue weighted by Gasteiger charge is 2.39. The van der Waals surface area contributed by atoms with Crippen LogP contribution in [0, 0.1) is 20.8 Å². The molecule has 0 aromatic carbocycles. The Morgan fingerprint density at radius 2 is 1.96 bits per heavy atom. The normalized spacial score (nSPS) is 19.1. The summed E-state index contributed by atoms with van der Waals surface area (Å²) >= 11 is 0. The van der Waals surface area contributed by atoms with Gasteiger partial charge >= 0.3 is 0 Å². The van der Waals surface area contributed by atoms with Crippen molar-refractivity contribution in [3.8, 4) is 5.69 Å². The van der Waals surface area contributed by atoms with E-state index in [4.69, 9.17) is 9.40 Å². The molecule has 0 unspecified atom stereocenters. The van der Waals surface area contributed by atoms with Crippen LogP contribution in [0.25, 0.3) is 16.7 Å². The van der Waals surface area contributed by atoms with Crippen molar-refractivity contribution < 1.29 is 4.42 Å². The van der Waals surface area contributed by atoms with Gasteiger partial charge in [-0.1, -0.05) is 0 Å². The van der Waals surface area contributed by atoms with Gasteiger partial charge in [-0.25, -0.2) is 14.6 Å². The van der Waals surface area contributed by atoms with Crippen LogP contribution in [-0.4, -0.2) is 29.7 Å². The Morgan fingerprint density at radius 3 is 2.64 bits per heavy atom. The lowest BCUT2D eigenvalue weighted by Gasteiger charge is -2.33. The van der Waals surface area contributed by atoms with Gasteiger partial charge in [0.25, 0.3) is 5.56 Å². The summed E-state index contributed by atoms with van der Waals surface area (Å²) in [7, 11) is 0. The molecule has 1 aliphatic carbocycles. The highest BCUT2D eigenvalue weighted by molar-refractivity contribution is 5.75. The zero-order valence-corrected chi connectivity index (χ0v) is 15.9. The van der Waals surface area contributed by atoms with Gasteiger partial charge in [0.2, 0.25) is 0 Å². The first-order valence-corrected chi connectivity index (χ1v) is 9.36. The Hall–Kier alpha value is -3.29. The number of fused-ring (bicyclic) bond motifs is 1. The van der Waals surface area contributed by atoms with Crippen LogP contribution in [0.4, 0.5) is 0 Å². The molecular weight excluding hydrogens is 356 g/mol. The van der Waals surface area contributed by atoms with Crippen molar-refractivity contribution in [3.63, 3.8) is 0 Å². The molecule has 0 spiro atoms. The van der Waals surface area contributed by atoms with E-state index in [0.29, 0.717) is 16.9 Å². The Morgan fingerprint density at radius 1 is 1.14 bits per heavy atom. The molecule has 8 heteroatoms. The Bertz CT molecular complexity index is 1230. The standard InChI is InChI=1S/C20H20N6O2/c1-10-6-7-21-9-16(10)26-18-15(8-22-26)19(27)25-17(24-18)13-4-5-14(13)20-23-11(2)12(3)28-20/h6-9,13-14H,4-5H2,1-3H3,(H,24,25,27)/t13-,14-/m0/s1. The fourth-order valence-corrected chi connectivity index (χ4v) is 3.74. The monoisotopic (exact) mass is 376 g/mol. The second-order valence-electron chi connectivity index (χ2n) is 7.39. The molecule has 1 fully saturated rings. The van der Waals surface area contributed by atoms with Gasteiger partial charge in [-0.05, 0) is 45.2 Å². The number of pyridine rings is 1. The lowest BCUT2D eigenvalue weighted by molar-refractivity contribution is 0.273. The number of aromatic nitrogens is 6. The van der Waals surface area contributed by atoms with E-state index in [0.717, 1.165) is 41.4 Å². The maximum absolute atomic E-state index is 12.7. The molecule has 0 bridgehead atoms. The summed E-state index contributed by atoms with van der Waals surface area (Å²) in [4.78, 5) is 29.1. The number of nitrogens with one attached hydrogen (secondary N) is 1. The van der Waals surface area contributed by atoms with Crippen molar-refractivity contribution in [1.82, 2.24) is 29.7 Å². The summed E-state index contributed by atoms with van der Waals surface area (Å²) in [5.74, 6) is 2.43. The number of hydrogen-bond acceptors (Lipinski definition) is 6. The second-order valence-corrected chi connectivity index (χ2v) is 7.39. The minimum absolute atomic E-state index is 0.0768. The molecule has 4 aromatic rings. The SMILES string of the molecule is Cc1ccncc1-n1ncc2c(=O)[nH]c([C@H]3CC[C@@H]3c3nc(C)c(C)o3)nc21. The molecule has 142 valence electrons. The zero-order valence-electron chi connectivity index (χ0n) is 15.9. The first-order chi connectivity index (χ1) is 13.5. The Balaban J connectivity index is 1.60. The summed E-state index contributed by atoms with van der Waals surface area (Å²) in [6.07, 6.45) is 6.91. The van der Waals surface area contributed by atoms with E-state index < -0.39 is 0 Å². The van der Waals surface area contributed by atoms with Crippen molar-refractivity contribution in [2.45, 2.75) is 45.4 Å². The van der Waals surface area contributed by atoms with Crippen LogP contribution < -0.4 is 5.56 Å². The molecule has 0 radical (unpaired) electrons. The van der Waals surface area contributed by atoms with Crippen LogP contribution in [0.5, 0.6) is 0 Å². The molecule has 28 heavy (non-hydrogen) atoms. The zero-order chi connectivity index (χ0) is 19.4. The molecule has 2 atom stereocenters. The maximum Gasteiger partial charge on any atom is 0.262 e. The number of oxazole rings is 1. The number of aryl methyl sites for hydroxylation is 3. The minimum atomic E-state index is -0.182. The van der Waals surface area contributed by atoms with Gasteiger partial charge in [-0.3, -0.25) is 9.78 Å². The van der Waals surface area contributed by atoms with Crippen LogP contribution in [0.2, 0.25) is 0 Å². The molecule has 0 amide bonds. The Labute approximate surface area is 160 Å². The molecule has 1 aliphatic rings. The van der Waals surface area contributed by atoms with E-state index in [9.17, 15) is 4.79 Å². The molecule has 0 aliphatic heterocycles. The second kappa shape index (κ2) is 6.12. The minimum Gasteiger partial charge on any atom is -0.445 e. The third-order valence-electron chi connectivity index (χ3n) is 5.68. The molecule has 8 nitrogen and oxygen atoms in total. The van der Waals surface area contributed by atoms with Crippen molar-refractivity contribution in [1.29, 1.82) is 0 Å². The molecular formula is C20H20N6O2. The van der Waals surface area contributed by atoms with Gasteiger partial charge < -0.3 is 9.40 Å². The summed E-state index contributed by atoms with van der Waals surface area (Å²) in [6, 6.07) is 1.91. The predicted octanol–water partition coefficient (Wildman–Crippen LogP) is 3.08. The predicted molar refractivity (Wildman–Crippen MR) is 103 cm³/mol. The third kappa shape index (κ3) is 2.48. The van der Waals surface area contributed by atoms with Crippen LogP contribution >= 0.6 is 0 Å². The van der Waals surface area contributed by atoms with E-state index in [1.807, 2.05) is 26.8 Å². The van der Waals surface area contributed by atoms with Gasteiger partial charge in [0.1, 0.15) is 17.0 Å². The van der Waals surface area contributed by atoms with Crippen LogP contribution in [0.1, 0.15) is 53.4 Å². The van der Waals surface area contributed by atoms with Gasteiger partial charge in [0.05, 0.1) is 23.8 Å². The van der Waals surface area contributed by atoms with Crippen LogP contribution in [-0.2, 0) is 0 Å². The number of rotatable bonds is 3. The van der Waals surface area contributed by atoms with Crippen molar-refractivity contribution in [2.24, 2.45) is 0 Å². The van der Waals surface area contributed by atoms with Crippen molar-refractivity contribution in [2.75, 3.05) is 0 Å². The molecule has 1 saturated carbocycles. The van der Waals surface area contributed by atoms with E-state index in [1.54, 1.807) is 23.3 Å². The lowest BCUT2D eigenvalue weighted by atomic mass is 9.73. The van der Waals surface area contributed by atoms with Crippen LogP contribution in [0.3, 0.4) is 0 Å². The third-order valence-corrected chi connectivity index (χ3v) is 5.68. The molecule has 0 saturated heterocycles. The number of hydrogen-bond donors (Lipinski definition) is 1. The number of aromatic amines is 1. The van der Waals surface area contributed by atoms with E-state index in [1.165, 1.54) is 0 Å². The van der Waals surface area contributed by atoms with Crippen molar-refractivity contribution >= 4 is 11.0 Å². The van der Waals surface area contributed by atoms with E-state index in [-0.39, 0.29) is 17.4 Å². The fourth-order valence-electron chi connectivity index (χ4n) is 3.74. The summed E-state index contributed by atoms with van der Waals surface area (Å²) in [5.41, 5.74) is 3.09. The lowest BCUT2D eigenvalue weighted by Crippen LogP contribution is -2.26.